The average Bonchev–Trinajstić information content (AvgIpc) is 2.45. The number of nitrogens with two attached hydrogens (primary N) is 2. The van der Waals surface area contributed by atoms with Gasteiger partial charge in [0.15, 0.2) is 0 Å². The number of methoxy groups -OCH3 is 2. The number of anilines is 2. The Morgan fingerprint density at radius 3 is 2.55 bits per heavy atom. The van der Waals surface area contributed by atoms with Crippen LogP contribution in [0.15, 0.2) is 18.2 Å². The SMILES string of the molecule is COc1ccc(OC)c(Cc2nc(N)nc(N)c2[N+](=O)[O-])c1. The Morgan fingerprint density at radius 1 is 1.23 bits per heavy atom. The predicted octanol–water partition coefficient (Wildman–Crippen LogP) is 1.16. The van der Waals surface area contributed by atoms with Gasteiger partial charge in [0.1, 0.15) is 17.2 Å². The minimum Gasteiger partial charge on any atom is -0.497 e. The Kier molecular flexibility index (Phi) is 4.25. The lowest BCUT2D eigenvalue weighted by Gasteiger charge is -2.11. The van der Waals surface area contributed by atoms with Gasteiger partial charge in [-0.25, -0.2) is 4.98 Å². The maximum atomic E-state index is 11.2. The number of nitro groups is 1. The third kappa shape index (κ3) is 2.97. The molecule has 0 unspecified atom stereocenters. The molecule has 2 aromatic rings. The highest BCUT2D eigenvalue weighted by Crippen LogP contribution is 2.30. The summed E-state index contributed by atoms with van der Waals surface area (Å²) in [5.74, 6) is 0.744. The molecule has 0 radical (unpaired) electrons. The molecule has 0 aliphatic rings. The van der Waals surface area contributed by atoms with Crippen LogP contribution < -0.4 is 20.9 Å². The first-order chi connectivity index (χ1) is 10.5. The lowest BCUT2D eigenvalue weighted by atomic mass is 10.1. The van der Waals surface area contributed by atoms with Gasteiger partial charge in [-0.2, -0.15) is 4.98 Å². The normalized spacial score (nSPS) is 10.3. The minimum absolute atomic E-state index is 0.105. The van der Waals surface area contributed by atoms with E-state index in [4.69, 9.17) is 20.9 Å². The molecule has 9 nitrogen and oxygen atoms in total. The van der Waals surface area contributed by atoms with Gasteiger partial charge in [-0.15, -0.1) is 0 Å². The largest absolute Gasteiger partial charge is 0.497 e. The Morgan fingerprint density at radius 2 is 1.95 bits per heavy atom. The zero-order valence-corrected chi connectivity index (χ0v) is 12.1. The summed E-state index contributed by atoms with van der Waals surface area (Å²) in [6, 6.07) is 5.13. The van der Waals surface area contributed by atoms with Crippen LogP contribution in [0.25, 0.3) is 0 Å². The van der Waals surface area contributed by atoms with Crippen LogP contribution in [-0.2, 0) is 6.42 Å². The molecular formula is C13H15N5O4. The van der Waals surface area contributed by atoms with E-state index >= 15 is 0 Å². The Balaban J connectivity index is 2.53. The third-order valence-corrected chi connectivity index (χ3v) is 3.03. The van der Waals surface area contributed by atoms with Crippen LogP contribution in [0.3, 0.4) is 0 Å². The van der Waals surface area contributed by atoms with Crippen LogP contribution in [0.2, 0.25) is 0 Å². The molecule has 22 heavy (non-hydrogen) atoms. The fourth-order valence-electron chi connectivity index (χ4n) is 2.06. The molecule has 0 aliphatic heterocycles. The molecule has 4 N–H and O–H groups in total. The Hall–Kier alpha value is -3.10. The maximum Gasteiger partial charge on any atom is 0.332 e. The van der Waals surface area contributed by atoms with Crippen molar-refractivity contribution in [2.75, 3.05) is 25.7 Å². The maximum absolute atomic E-state index is 11.2. The number of aromatic nitrogens is 2. The second-order valence-electron chi connectivity index (χ2n) is 4.37. The molecular weight excluding hydrogens is 290 g/mol. The summed E-state index contributed by atoms with van der Waals surface area (Å²) in [6.07, 6.45) is 0.105. The number of nitrogen functional groups attached to an aromatic ring is 2. The standard InChI is InChI=1S/C13H15N5O4/c1-21-8-3-4-10(22-2)7(5-8)6-9-11(18(19)20)12(14)17-13(15)16-9/h3-5H,6H2,1-2H3,(H4,14,15,16,17). The van der Waals surface area contributed by atoms with Crippen LogP contribution in [0.5, 0.6) is 11.5 Å². The van der Waals surface area contributed by atoms with Crippen LogP contribution in [0, 0.1) is 10.1 Å². The van der Waals surface area contributed by atoms with Crippen molar-refractivity contribution in [3.63, 3.8) is 0 Å². The fourth-order valence-corrected chi connectivity index (χ4v) is 2.06. The zero-order chi connectivity index (χ0) is 16.3. The van der Waals surface area contributed by atoms with Crippen LogP contribution >= 0.6 is 0 Å². The van der Waals surface area contributed by atoms with Gasteiger partial charge >= 0.3 is 5.69 Å². The van der Waals surface area contributed by atoms with Crippen LogP contribution in [-0.4, -0.2) is 29.1 Å². The van der Waals surface area contributed by atoms with Gasteiger partial charge in [0.2, 0.25) is 11.8 Å². The first-order valence-corrected chi connectivity index (χ1v) is 6.23. The molecule has 0 saturated carbocycles. The van der Waals surface area contributed by atoms with E-state index in [1.807, 2.05) is 0 Å². The molecule has 0 saturated heterocycles. The number of nitrogens with zero attached hydrogens (tertiary/aromatic N) is 3. The van der Waals surface area contributed by atoms with Crippen molar-refractivity contribution in [1.29, 1.82) is 0 Å². The average molecular weight is 305 g/mol. The summed E-state index contributed by atoms with van der Waals surface area (Å²) in [6.45, 7) is 0. The van der Waals surface area contributed by atoms with E-state index in [9.17, 15) is 10.1 Å². The van der Waals surface area contributed by atoms with Crippen molar-refractivity contribution < 1.29 is 14.4 Å². The summed E-state index contributed by atoms with van der Waals surface area (Å²) in [4.78, 5) is 18.1. The smallest absolute Gasteiger partial charge is 0.332 e. The van der Waals surface area contributed by atoms with Gasteiger partial charge in [-0.1, -0.05) is 0 Å². The molecule has 1 heterocycles. The van der Waals surface area contributed by atoms with Gasteiger partial charge in [0, 0.05) is 12.0 Å². The van der Waals surface area contributed by atoms with E-state index in [1.54, 1.807) is 18.2 Å². The quantitative estimate of drug-likeness (QED) is 0.619. The van der Waals surface area contributed by atoms with E-state index in [2.05, 4.69) is 9.97 Å². The summed E-state index contributed by atoms with van der Waals surface area (Å²) in [5.41, 5.74) is 11.5. The van der Waals surface area contributed by atoms with Crippen molar-refractivity contribution in [1.82, 2.24) is 9.97 Å². The van der Waals surface area contributed by atoms with Crippen molar-refractivity contribution in [2.45, 2.75) is 6.42 Å². The molecule has 0 amide bonds. The van der Waals surface area contributed by atoms with Crippen molar-refractivity contribution in [3.05, 3.63) is 39.6 Å². The van der Waals surface area contributed by atoms with Gasteiger partial charge in [-0.3, -0.25) is 10.1 Å². The minimum atomic E-state index is -0.628. The molecule has 1 aromatic carbocycles. The van der Waals surface area contributed by atoms with E-state index < -0.39 is 4.92 Å². The molecule has 2 rings (SSSR count). The molecule has 0 atom stereocenters. The number of hydrogen-bond donors (Lipinski definition) is 2. The number of ether oxygens (including phenoxy) is 2. The fraction of sp³-hybridized carbons (Fsp3) is 0.231. The summed E-state index contributed by atoms with van der Waals surface area (Å²) >= 11 is 0. The highest BCUT2D eigenvalue weighted by atomic mass is 16.6. The highest BCUT2D eigenvalue weighted by Gasteiger charge is 2.23. The zero-order valence-electron chi connectivity index (χ0n) is 12.1. The van der Waals surface area contributed by atoms with Crippen molar-refractivity contribution >= 4 is 17.5 Å². The number of benzene rings is 1. The Labute approximate surface area is 126 Å². The lowest BCUT2D eigenvalue weighted by Crippen LogP contribution is -2.09. The second-order valence-corrected chi connectivity index (χ2v) is 4.37. The van der Waals surface area contributed by atoms with E-state index in [1.165, 1.54) is 14.2 Å². The molecule has 0 spiro atoms. The second kappa shape index (κ2) is 6.12. The topological polar surface area (TPSA) is 139 Å². The van der Waals surface area contributed by atoms with E-state index in [0.29, 0.717) is 17.1 Å². The predicted molar refractivity (Wildman–Crippen MR) is 79.9 cm³/mol. The summed E-state index contributed by atoms with van der Waals surface area (Å²) < 4.78 is 10.4. The molecule has 0 aliphatic carbocycles. The van der Waals surface area contributed by atoms with Gasteiger partial charge < -0.3 is 20.9 Å². The van der Waals surface area contributed by atoms with Crippen LogP contribution in [0.4, 0.5) is 17.5 Å². The number of hydrogen-bond acceptors (Lipinski definition) is 8. The molecule has 1 aromatic heterocycles. The van der Waals surface area contributed by atoms with E-state index in [-0.39, 0.29) is 29.6 Å². The summed E-state index contributed by atoms with van der Waals surface area (Å²) in [7, 11) is 3.02. The monoisotopic (exact) mass is 305 g/mol. The molecule has 0 bridgehead atoms. The van der Waals surface area contributed by atoms with Crippen molar-refractivity contribution in [2.24, 2.45) is 0 Å². The third-order valence-electron chi connectivity index (χ3n) is 3.03. The van der Waals surface area contributed by atoms with E-state index in [0.717, 1.165) is 0 Å². The highest BCUT2D eigenvalue weighted by molar-refractivity contribution is 5.59. The molecule has 116 valence electrons. The first kappa shape index (κ1) is 15.3. The van der Waals surface area contributed by atoms with Crippen molar-refractivity contribution in [3.8, 4) is 11.5 Å². The number of rotatable bonds is 5. The Bertz CT molecular complexity index is 720. The summed E-state index contributed by atoms with van der Waals surface area (Å²) in [5, 5.41) is 11.2. The first-order valence-electron chi connectivity index (χ1n) is 6.23. The molecule has 0 fully saturated rings. The van der Waals surface area contributed by atoms with Gasteiger partial charge in [0.05, 0.1) is 19.1 Å². The van der Waals surface area contributed by atoms with Gasteiger partial charge in [-0.05, 0) is 18.2 Å². The van der Waals surface area contributed by atoms with Crippen LogP contribution in [0.1, 0.15) is 11.3 Å². The van der Waals surface area contributed by atoms with Gasteiger partial charge in [0.25, 0.3) is 0 Å². The molecule has 9 heteroatoms. The lowest BCUT2D eigenvalue weighted by molar-refractivity contribution is -0.385.